The van der Waals surface area contributed by atoms with E-state index in [1.165, 1.54) is 18.2 Å². The Morgan fingerprint density at radius 1 is 1.20 bits per heavy atom. The van der Waals surface area contributed by atoms with Crippen molar-refractivity contribution in [1.29, 1.82) is 0 Å². The lowest BCUT2D eigenvalue weighted by molar-refractivity contribution is -0.158. The van der Waals surface area contributed by atoms with Gasteiger partial charge < -0.3 is 10.1 Å². The maximum atomic E-state index is 13.8. The van der Waals surface area contributed by atoms with E-state index >= 15 is 0 Å². The molecule has 2 aromatic rings. The van der Waals surface area contributed by atoms with Crippen LogP contribution in [-0.2, 0) is 16.1 Å². The number of hydrogen-bond acceptors (Lipinski definition) is 4. The topological polar surface area (TPSA) is 61.9 Å². The Hall–Kier alpha value is -3.07. The van der Waals surface area contributed by atoms with Crippen LogP contribution in [-0.4, -0.2) is 49.6 Å². The number of carbonyl (C=O) groups excluding carboxylic acids is 2. The van der Waals surface area contributed by atoms with Crippen LogP contribution in [0, 0.1) is 0 Å². The van der Waals surface area contributed by atoms with Gasteiger partial charge in [-0.15, -0.1) is 0 Å². The minimum atomic E-state index is -4.75. The fraction of sp³-hybridized carbons (Fsp3) is 0.333. The van der Waals surface area contributed by atoms with Crippen molar-refractivity contribution in [1.82, 2.24) is 4.90 Å². The smallest absolute Gasteiger partial charge is 0.409 e. The van der Waals surface area contributed by atoms with E-state index in [0.717, 1.165) is 5.56 Å². The summed E-state index contributed by atoms with van der Waals surface area (Å²) in [5.41, 5.74) is 1.10. The molecule has 1 aliphatic heterocycles. The fourth-order valence-corrected chi connectivity index (χ4v) is 3.40. The van der Waals surface area contributed by atoms with Crippen LogP contribution in [0.25, 0.3) is 0 Å². The van der Waals surface area contributed by atoms with Crippen molar-refractivity contribution >= 4 is 23.2 Å². The van der Waals surface area contributed by atoms with Crippen molar-refractivity contribution in [2.75, 3.05) is 30.9 Å². The SMILES string of the molecule is COc1ccc(CN(C)CC(=O)N2c3ccccc3NC(=O)C[C@H]2C(F)(F)F)cc1. The highest BCUT2D eigenvalue weighted by molar-refractivity contribution is 6.05. The van der Waals surface area contributed by atoms with E-state index in [1.807, 2.05) is 12.1 Å². The summed E-state index contributed by atoms with van der Waals surface area (Å²) in [5, 5.41) is 2.45. The fourth-order valence-electron chi connectivity index (χ4n) is 3.40. The van der Waals surface area contributed by atoms with E-state index in [4.69, 9.17) is 4.74 Å². The normalized spacial score (nSPS) is 16.7. The molecular formula is C21H22F3N3O3. The first-order valence-electron chi connectivity index (χ1n) is 9.28. The molecule has 1 heterocycles. The van der Waals surface area contributed by atoms with Crippen LogP contribution in [0.3, 0.4) is 0 Å². The zero-order chi connectivity index (χ0) is 21.9. The van der Waals surface area contributed by atoms with Gasteiger partial charge in [-0.25, -0.2) is 0 Å². The van der Waals surface area contributed by atoms with Gasteiger partial charge in [-0.2, -0.15) is 13.2 Å². The number of nitrogens with zero attached hydrogens (tertiary/aromatic N) is 2. The number of methoxy groups -OCH3 is 1. The first-order chi connectivity index (χ1) is 14.2. The predicted molar refractivity (Wildman–Crippen MR) is 106 cm³/mol. The highest BCUT2D eigenvalue weighted by Gasteiger charge is 2.49. The number of anilines is 2. The highest BCUT2D eigenvalue weighted by Crippen LogP contribution is 2.37. The van der Waals surface area contributed by atoms with Crippen molar-refractivity contribution < 1.29 is 27.5 Å². The minimum absolute atomic E-state index is 0.0357. The standard InChI is InChI=1S/C21H22F3N3O3/c1-26(12-14-7-9-15(30-2)10-8-14)13-20(29)27-17-6-4-3-5-16(17)25-19(28)11-18(27)21(22,23)24/h3-10,18H,11-13H2,1-2H3,(H,25,28)/t18-/m0/s1. The van der Waals surface area contributed by atoms with Crippen molar-refractivity contribution in [2.45, 2.75) is 25.2 Å². The van der Waals surface area contributed by atoms with Crippen molar-refractivity contribution in [3.63, 3.8) is 0 Å². The molecule has 0 aliphatic carbocycles. The van der Waals surface area contributed by atoms with Gasteiger partial charge in [0.05, 0.1) is 31.5 Å². The summed E-state index contributed by atoms with van der Waals surface area (Å²) in [6.07, 6.45) is -5.61. The average Bonchev–Trinajstić information content (AvgIpc) is 2.84. The van der Waals surface area contributed by atoms with Crippen molar-refractivity contribution in [2.24, 2.45) is 0 Å². The minimum Gasteiger partial charge on any atom is -0.497 e. The summed E-state index contributed by atoms with van der Waals surface area (Å²) in [6, 6.07) is 11.0. The maximum Gasteiger partial charge on any atom is 0.409 e. The number of para-hydroxylation sites is 2. The molecule has 1 N–H and O–H groups in total. The Morgan fingerprint density at radius 2 is 1.87 bits per heavy atom. The summed E-state index contributed by atoms with van der Waals surface area (Å²) in [4.78, 5) is 27.3. The average molecular weight is 421 g/mol. The predicted octanol–water partition coefficient (Wildman–Crippen LogP) is 3.43. The third-order valence-electron chi connectivity index (χ3n) is 4.79. The largest absolute Gasteiger partial charge is 0.497 e. The van der Waals surface area contributed by atoms with E-state index in [9.17, 15) is 22.8 Å². The second-order valence-corrected chi connectivity index (χ2v) is 7.11. The van der Waals surface area contributed by atoms with E-state index in [0.29, 0.717) is 17.2 Å². The van der Waals surface area contributed by atoms with E-state index in [1.54, 1.807) is 37.3 Å². The second kappa shape index (κ2) is 8.74. The van der Waals surface area contributed by atoms with Gasteiger partial charge in [-0.1, -0.05) is 24.3 Å². The molecule has 1 atom stereocenters. The number of halogens is 3. The Morgan fingerprint density at radius 3 is 2.50 bits per heavy atom. The van der Waals surface area contributed by atoms with Gasteiger partial charge in [-0.3, -0.25) is 19.4 Å². The molecule has 3 rings (SSSR count). The molecule has 0 bridgehead atoms. The van der Waals surface area contributed by atoms with Crippen LogP contribution in [0.2, 0.25) is 0 Å². The van der Waals surface area contributed by atoms with Crippen LogP contribution >= 0.6 is 0 Å². The number of nitrogens with one attached hydrogen (secondary N) is 1. The zero-order valence-electron chi connectivity index (χ0n) is 16.6. The van der Waals surface area contributed by atoms with Gasteiger partial charge in [0, 0.05) is 6.54 Å². The first kappa shape index (κ1) is 21.6. The van der Waals surface area contributed by atoms with Gasteiger partial charge in [0.15, 0.2) is 0 Å². The number of amides is 2. The Balaban J connectivity index is 1.84. The van der Waals surface area contributed by atoms with Gasteiger partial charge in [0.1, 0.15) is 11.8 Å². The lowest BCUT2D eigenvalue weighted by atomic mass is 10.1. The summed E-state index contributed by atoms with van der Waals surface area (Å²) < 4.78 is 46.4. The monoisotopic (exact) mass is 421 g/mol. The third-order valence-corrected chi connectivity index (χ3v) is 4.79. The Labute approximate surface area is 172 Å². The Bertz CT molecular complexity index is 916. The van der Waals surface area contributed by atoms with Crippen LogP contribution in [0.4, 0.5) is 24.5 Å². The molecule has 30 heavy (non-hydrogen) atoms. The van der Waals surface area contributed by atoms with Crippen molar-refractivity contribution in [3.05, 3.63) is 54.1 Å². The number of carbonyl (C=O) groups is 2. The number of fused-ring (bicyclic) bond motifs is 1. The summed E-state index contributed by atoms with van der Waals surface area (Å²) in [5.74, 6) is -0.840. The highest BCUT2D eigenvalue weighted by atomic mass is 19.4. The summed E-state index contributed by atoms with van der Waals surface area (Å²) in [7, 11) is 3.20. The van der Waals surface area contributed by atoms with Gasteiger partial charge in [0.25, 0.3) is 0 Å². The quantitative estimate of drug-likeness (QED) is 0.804. The molecule has 6 nitrogen and oxygen atoms in total. The molecule has 0 aromatic heterocycles. The molecule has 1 aliphatic rings. The molecule has 0 saturated heterocycles. The number of rotatable bonds is 5. The molecule has 0 fully saturated rings. The van der Waals surface area contributed by atoms with Crippen molar-refractivity contribution in [3.8, 4) is 5.75 Å². The van der Waals surface area contributed by atoms with Gasteiger partial charge >= 0.3 is 6.18 Å². The first-order valence-corrected chi connectivity index (χ1v) is 9.28. The van der Waals surface area contributed by atoms with E-state index in [2.05, 4.69) is 5.32 Å². The number of alkyl halides is 3. The lowest BCUT2D eigenvalue weighted by Gasteiger charge is -2.33. The lowest BCUT2D eigenvalue weighted by Crippen LogP contribution is -2.52. The van der Waals surface area contributed by atoms with Crippen LogP contribution in [0.1, 0.15) is 12.0 Å². The molecule has 0 saturated carbocycles. The number of benzene rings is 2. The number of likely N-dealkylation sites (N-methyl/N-ethyl adjacent to an activating group) is 1. The van der Waals surface area contributed by atoms with E-state index < -0.39 is 30.5 Å². The third kappa shape index (κ3) is 4.91. The summed E-state index contributed by atoms with van der Waals surface area (Å²) >= 11 is 0. The van der Waals surface area contributed by atoms with Crippen LogP contribution < -0.4 is 15.0 Å². The van der Waals surface area contributed by atoms with Gasteiger partial charge in [0.2, 0.25) is 11.8 Å². The molecule has 0 unspecified atom stereocenters. The maximum absolute atomic E-state index is 13.8. The molecule has 2 amide bonds. The molecule has 2 aromatic carbocycles. The van der Waals surface area contributed by atoms with Crippen LogP contribution in [0.15, 0.2) is 48.5 Å². The number of ether oxygens (including phenoxy) is 1. The second-order valence-electron chi connectivity index (χ2n) is 7.11. The van der Waals surface area contributed by atoms with Gasteiger partial charge in [-0.05, 0) is 36.9 Å². The van der Waals surface area contributed by atoms with E-state index in [-0.39, 0.29) is 17.9 Å². The molecule has 9 heteroatoms. The molecule has 0 spiro atoms. The molecule has 0 radical (unpaired) electrons. The molecular weight excluding hydrogens is 399 g/mol. The Kier molecular flexibility index (Phi) is 6.31. The molecule has 160 valence electrons. The number of hydrogen-bond donors (Lipinski definition) is 1. The summed E-state index contributed by atoms with van der Waals surface area (Å²) in [6.45, 7) is 0.111. The van der Waals surface area contributed by atoms with Crippen LogP contribution in [0.5, 0.6) is 5.75 Å². The zero-order valence-corrected chi connectivity index (χ0v) is 16.6.